The highest BCUT2D eigenvalue weighted by Gasteiger charge is 2.21. The van der Waals surface area contributed by atoms with Crippen LogP contribution in [0, 0.1) is 0 Å². The minimum atomic E-state index is -3.80. The van der Waals surface area contributed by atoms with Crippen LogP contribution in [0.2, 0.25) is 0 Å². The first-order chi connectivity index (χ1) is 13.9. The van der Waals surface area contributed by atoms with E-state index in [-0.39, 0.29) is 28.2 Å². The number of hydrogen-bond acceptors (Lipinski definition) is 4. The molecule has 1 saturated heterocycles. The summed E-state index contributed by atoms with van der Waals surface area (Å²) in [6.07, 6.45) is 2.92. The molecule has 0 aliphatic carbocycles. The first-order valence-electron chi connectivity index (χ1n) is 10.0. The van der Waals surface area contributed by atoms with E-state index in [1.807, 2.05) is 12.1 Å². The molecule has 1 heterocycles. The molecule has 2 N–H and O–H groups in total. The molecule has 2 aromatic rings. The van der Waals surface area contributed by atoms with Crippen molar-refractivity contribution in [1.29, 1.82) is 0 Å². The summed E-state index contributed by atoms with van der Waals surface area (Å²) in [6.45, 7) is 5.33. The van der Waals surface area contributed by atoms with Gasteiger partial charge in [-0.05, 0) is 55.0 Å². The standard InChI is InChI=1S/C22H28N2O4S/c1-3-16(2)17-10-12-19(13-11-17)29(26,27)24-21-9-5-4-8-20(21)22(25)23-15-18-7-6-14-28-18/h4-5,8-13,16,18,24H,3,6-7,14-15H2,1-2H3,(H,23,25)/t16-,18-/m0/s1. The van der Waals surface area contributed by atoms with Gasteiger partial charge in [0.05, 0.1) is 22.3 Å². The molecule has 3 rings (SSSR count). The third kappa shape index (κ3) is 5.36. The van der Waals surface area contributed by atoms with E-state index >= 15 is 0 Å². The molecular formula is C22H28N2O4S. The maximum atomic E-state index is 12.8. The molecule has 0 spiro atoms. The lowest BCUT2D eigenvalue weighted by molar-refractivity contribution is 0.0858. The summed E-state index contributed by atoms with van der Waals surface area (Å²) in [7, 11) is -3.80. The number of amides is 1. The maximum Gasteiger partial charge on any atom is 0.261 e. The molecule has 0 bridgehead atoms. The average Bonchev–Trinajstić information content (AvgIpc) is 3.25. The number of carbonyl (C=O) groups is 1. The molecule has 6 nitrogen and oxygen atoms in total. The Morgan fingerprint density at radius 2 is 1.90 bits per heavy atom. The normalized spacial score (nSPS) is 17.7. The van der Waals surface area contributed by atoms with Crippen LogP contribution in [-0.2, 0) is 14.8 Å². The number of nitrogens with one attached hydrogen (secondary N) is 2. The zero-order valence-electron chi connectivity index (χ0n) is 16.9. The van der Waals surface area contributed by atoms with Crippen LogP contribution in [-0.4, -0.2) is 33.6 Å². The van der Waals surface area contributed by atoms with E-state index in [1.54, 1.807) is 36.4 Å². The predicted molar refractivity (Wildman–Crippen MR) is 114 cm³/mol. The molecule has 0 saturated carbocycles. The molecule has 0 radical (unpaired) electrons. The van der Waals surface area contributed by atoms with Gasteiger partial charge in [-0.25, -0.2) is 8.42 Å². The Balaban J connectivity index is 1.74. The van der Waals surface area contributed by atoms with Gasteiger partial charge in [0.25, 0.3) is 15.9 Å². The summed E-state index contributed by atoms with van der Waals surface area (Å²) in [5.74, 6) is 0.0406. The zero-order valence-corrected chi connectivity index (χ0v) is 17.7. The number of anilines is 1. The molecule has 0 unspecified atom stereocenters. The first kappa shape index (κ1) is 21.3. The molecule has 1 aliphatic rings. The average molecular weight is 417 g/mol. The van der Waals surface area contributed by atoms with Crippen molar-refractivity contribution < 1.29 is 17.9 Å². The van der Waals surface area contributed by atoms with E-state index < -0.39 is 10.0 Å². The first-order valence-corrected chi connectivity index (χ1v) is 11.5. The Bertz CT molecular complexity index is 936. The highest BCUT2D eigenvalue weighted by Crippen LogP contribution is 2.23. The van der Waals surface area contributed by atoms with E-state index in [0.717, 1.165) is 24.8 Å². The minimum absolute atomic E-state index is 0.0202. The van der Waals surface area contributed by atoms with Gasteiger partial charge in [0.2, 0.25) is 0 Å². The third-order valence-electron chi connectivity index (χ3n) is 5.30. The van der Waals surface area contributed by atoms with Crippen molar-refractivity contribution >= 4 is 21.6 Å². The summed E-state index contributed by atoms with van der Waals surface area (Å²) < 4.78 is 33.7. The van der Waals surface area contributed by atoms with Gasteiger partial charge in [0.15, 0.2) is 0 Å². The van der Waals surface area contributed by atoms with Crippen molar-refractivity contribution in [2.75, 3.05) is 17.9 Å². The van der Waals surface area contributed by atoms with Crippen molar-refractivity contribution in [2.24, 2.45) is 0 Å². The van der Waals surface area contributed by atoms with E-state index in [1.165, 1.54) is 0 Å². The summed E-state index contributed by atoms with van der Waals surface area (Å²) >= 11 is 0. The SMILES string of the molecule is CC[C@H](C)c1ccc(S(=O)(=O)Nc2ccccc2C(=O)NC[C@@H]2CCCO2)cc1. The highest BCUT2D eigenvalue weighted by molar-refractivity contribution is 7.92. The van der Waals surface area contributed by atoms with Crippen LogP contribution in [0.25, 0.3) is 0 Å². The van der Waals surface area contributed by atoms with Crippen LogP contribution < -0.4 is 10.0 Å². The highest BCUT2D eigenvalue weighted by atomic mass is 32.2. The van der Waals surface area contributed by atoms with Crippen molar-refractivity contribution in [3.8, 4) is 0 Å². The minimum Gasteiger partial charge on any atom is -0.376 e. The van der Waals surface area contributed by atoms with Crippen LogP contribution in [0.4, 0.5) is 5.69 Å². The topological polar surface area (TPSA) is 84.5 Å². The fraction of sp³-hybridized carbons (Fsp3) is 0.409. The molecule has 0 aromatic heterocycles. The Hall–Kier alpha value is -2.38. The Labute approximate surface area is 172 Å². The van der Waals surface area contributed by atoms with Crippen LogP contribution >= 0.6 is 0 Å². The largest absolute Gasteiger partial charge is 0.376 e. The summed E-state index contributed by atoms with van der Waals surface area (Å²) in [5.41, 5.74) is 1.63. The number of sulfonamides is 1. The Morgan fingerprint density at radius 3 is 2.55 bits per heavy atom. The predicted octanol–water partition coefficient (Wildman–Crippen LogP) is 3.91. The van der Waals surface area contributed by atoms with Crippen LogP contribution in [0.1, 0.15) is 54.9 Å². The Kier molecular flexibility index (Phi) is 6.92. The fourth-order valence-corrected chi connectivity index (χ4v) is 4.37. The van der Waals surface area contributed by atoms with Gasteiger partial charge in [0, 0.05) is 13.2 Å². The molecule has 7 heteroatoms. The van der Waals surface area contributed by atoms with Gasteiger partial charge in [-0.3, -0.25) is 9.52 Å². The van der Waals surface area contributed by atoms with E-state index in [0.29, 0.717) is 19.1 Å². The second-order valence-electron chi connectivity index (χ2n) is 7.37. The lowest BCUT2D eigenvalue weighted by Crippen LogP contribution is -2.32. The molecule has 29 heavy (non-hydrogen) atoms. The third-order valence-corrected chi connectivity index (χ3v) is 6.68. The maximum absolute atomic E-state index is 12.8. The number of benzene rings is 2. The summed E-state index contributed by atoms with van der Waals surface area (Å²) in [5, 5.41) is 2.83. The lowest BCUT2D eigenvalue weighted by atomic mass is 9.99. The van der Waals surface area contributed by atoms with Crippen molar-refractivity contribution in [3.05, 3.63) is 59.7 Å². The van der Waals surface area contributed by atoms with Gasteiger partial charge in [0.1, 0.15) is 0 Å². The van der Waals surface area contributed by atoms with Crippen molar-refractivity contribution in [2.45, 2.75) is 50.0 Å². The second-order valence-corrected chi connectivity index (χ2v) is 9.06. The molecule has 1 aliphatic heterocycles. The van der Waals surface area contributed by atoms with Crippen LogP contribution in [0.3, 0.4) is 0 Å². The number of carbonyl (C=O) groups excluding carboxylic acids is 1. The smallest absolute Gasteiger partial charge is 0.261 e. The molecule has 2 aromatic carbocycles. The van der Waals surface area contributed by atoms with Gasteiger partial charge < -0.3 is 10.1 Å². The zero-order chi connectivity index (χ0) is 20.9. The second kappa shape index (κ2) is 9.41. The van der Waals surface area contributed by atoms with Crippen LogP contribution in [0.15, 0.2) is 53.4 Å². The molecule has 1 fully saturated rings. The van der Waals surface area contributed by atoms with Gasteiger partial charge in [-0.1, -0.05) is 38.1 Å². The Morgan fingerprint density at radius 1 is 1.17 bits per heavy atom. The van der Waals surface area contributed by atoms with Gasteiger partial charge in [-0.2, -0.15) is 0 Å². The number of ether oxygens (including phenoxy) is 1. The molecule has 1 amide bonds. The number of para-hydroxylation sites is 1. The molecule has 2 atom stereocenters. The van der Waals surface area contributed by atoms with Gasteiger partial charge >= 0.3 is 0 Å². The quantitative estimate of drug-likeness (QED) is 0.683. The monoisotopic (exact) mass is 416 g/mol. The summed E-state index contributed by atoms with van der Waals surface area (Å²) in [4.78, 5) is 12.8. The van der Waals surface area contributed by atoms with Crippen molar-refractivity contribution in [3.63, 3.8) is 0 Å². The van der Waals surface area contributed by atoms with Crippen LogP contribution in [0.5, 0.6) is 0 Å². The van der Waals surface area contributed by atoms with E-state index in [9.17, 15) is 13.2 Å². The lowest BCUT2D eigenvalue weighted by Gasteiger charge is -2.15. The molecular weight excluding hydrogens is 388 g/mol. The van der Waals surface area contributed by atoms with E-state index in [2.05, 4.69) is 23.9 Å². The van der Waals surface area contributed by atoms with E-state index in [4.69, 9.17) is 4.74 Å². The summed E-state index contributed by atoms with van der Waals surface area (Å²) in [6, 6.07) is 13.5. The van der Waals surface area contributed by atoms with Crippen molar-refractivity contribution in [1.82, 2.24) is 5.32 Å². The van der Waals surface area contributed by atoms with Gasteiger partial charge in [-0.15, -0.1) is 0 Å². The molecule has 156 valence electrons. The number of hydrogen-bond donors (Lipinski definition) is 2. The number of rotatable bonds is 8. The fourth-order valence-electron chi connectivity index (χ4n) is 3.29.